The second-order valence-corrected chi connectivity index (χ2v) is 9.13. The Hall–Kier alpha value is -3.54. The SMILES string of the molecule is COc1ccc(C(=O)NCC2CCN(c3ccncc3)CC2)cc1OC1Cc2ccccc2C1. The number of carbonyl (C=O) groups is 1. The largest absolute Gasteiger partial charge is 0.493 e. The molecule has 2 aliphatic rings. The lowest BCUT2D eigenvalue weighted by Gasteiger charge is -2.33. The predicted octanol–water partition coefficient (Wildman–Crippen LogP) is 4.28. The molecule has 1 amide bonds. The summed E-state index contributed by atoms with van der Waals surface area (Å²) in [6.45, 7) is 2.67. The summed E-state index contributed by atoms with van der Waals surface area (Å²) in [5.41, 5.74) is 4.47. The van der Waals surface area contributed by atoms with Crippen LogP contribution in [0.4, 0.5) is 5.69 Å². The van der Waals surface area contributed by atoms with E-state index in [0.717, 1.165) is 38.8 Å². The molecule has 2 heterocycles. The topological polar surface area (TPSA) is 63.7 Å². The van der Waals surface area contributed by atoms with Gasteiger partial charge >= 0.3 is 0 Å². The molecule has 0 unspecified atom stereocenters. The van der Waals surface area contributed by atoms with Crippen LogP contribution in [0.25, 0.3) is 0 Å². The lowest BCUT2D eigenvalue weighted by molar-refractivity contribution is 0.0944. The molecule has 6 nitrogen and oxygen atoms in total. The maximum absolute atomic E-state index is 12.9. The molecular weight excluding hydrogens is 426 g/mol. The minimum Gasteiger partial charge on any atom is -0.493 e. The van der Waals surface area contributed by atoms with Crippen LogP contribution in [0.1, 0.15) is 34.3 Å². The van der Waals surface area contributed by atoms with Gasteiger partial charge in [-0.25, -0.2) is 0 Å². The van der Waals surface area contributed by atoms with Gasteiger partial charge in [0.25, 0.3) is 5.91 Å². The van der Waals surface area contributed by atoms with Crippen molar-refractivity contribution in [3.8, 4) is 11.5 Å². The fourth-order valence-corrected chi connectivity index (χ4v) is 4.98. The Bertz CT molecular complexity index is 1100. The number of benzene rings is 2. The quantitative estimate of drug-likeness (QED) is 0.574. The molecule has 1 N–H and O–H groups in total. The van der Waals surface area contributed by atoms with Crippen LogP contribution in [0, 0.1) is 5.92 Å². The second-order valence-electron chi connectivity index (χ2n) is 9.13. The van der Waals surface area contributed by atoms with Gasteiger partial charge in [0.2, 0.25) is 0 Å². The molecule has 0 bridgehead atoms. The Balaban J connectivity index is 1.16. The summed E-state index contributed by atoms with van der Waals surface area (Å²) in [4.78, 5) is 19.4. The minimum absolute atomic E-state index is 0.0511. The van der Waals surface area contributed by atoms with Crippen molar-refractivity contribution >= 4 is 11.6 Å². The maximum Gasteiger partial charge on any atom is 0.251 e. The van der Waals surface area contributed by atoms with Crippen molar-refractivity contribution < 1.29 is 14.3 Å². The zero-order valence-corrected chi connectivity index (χ0v) is 19.6. The number of ether oxygens (including phenoxy) is 2. The summed E-state index contributed by atoms with van der Waals surface area (Å²) >= 11 is 0. The molecule has 34 heavy (non-hydrogen) atoms. The number of hydrogen-bond acceptors (Lipinski definition) is 5. The van der Waals surface area contributed by atoms with E-state index in [1.807, 2.05) is 24.5 Å². The first-order valence-corrected chi connectivity index (χ1v) is 12.0. The standard InChI is InChI=1S/C28H31N3O3/c1-33-26-7-6-23(18-27(26)34-25-16-21-4-2-3-5-22(21)17-25)28(32)30-19-20-10-14-31(15-11-20)24-8-12-29-13-9-24/h2-9,12-13,18,20,25H,10-11,14-17,19H2,1H3,(H,30,32). The van der Waals surface area contributed by atoms with Crippen LogP contribution in [0.5, 0.6) is 11.5 Å². The number of amides is 1. The van der Waals surface area contributed by atoms with Gasteiger partial charge in [0, 0.05) is 56.1 Å². The summed E-state index contributed by atoms with van der Waals surface area (Å²) in [6.07, 6.45) is 7.57. The van der Waals surface area contributed by atoms with E-state index in [-0.39, 0.29) is 12.0 Å². The number of methoxy groups -OCH3 is 1. The molecular formula is C28H31N3O3. The van der Waals surface area contributed by atoms with E-state index >= 15 is 0 Å². The van der Waals surface area contributed by atoms with Crippen molar-refractivity contribution in [2.24, 2.45) is 5.92 Å². The first-order valence-electron chi connectivity index (χ1n) is 12.0. The van der Waals surface area contributed by atoms with Gasteiger partial charge < -0.3 is 19.7 Å². The van der Waals surface area contributed by atoms with Crippen molar-refractivity contribution in [2.75, 3.05) is 31.6 Å². The summed E-state index contributed by atoms with van der Waals surface area (Å²) < 4.78 is 11.8. The summed E-state index contributed by atoms with van der Waals surface area (Å²) in [6, 6.07) is 18.0. The Morgan fingerprint density at radius 2 is 1.71 bits per heavy atom. The molecule has 2 aromatic carbocycles. The van der Waals surface area contributed by atoms with Gasteiger partial charge in [-0.3, -0.25) is 9.78 Å². The van der Waals surface area contributed by atoms with Gasteiger partial charge in [0.1, 0.15) is 6.10 Å². The number of rotatable bonds is 7. The van der Waals surface area contributed by atoms with Crippen LogP contribution in [0.15, 0.2) is 67.0 Å². The van der Waals surface area contributed by atoms with Crippen LogP contribution in [0.3, 0.4) is 0 Å². The average Bonchev–Trinajstić information content (AvgIpc) is 3.30. The van der Waals surface area contributed by atoms with Gasteiger partial charge in [-0.1, -0.05) is 24.3 Å². The minimum atomic E-state index is -0.0706. The molecule has 176 valence electrons. The van der Waals surface area contributed by atoms with Crippen LogP contribution in [-0.4, -0.2) is 43.7 Å². The zero-order valence-electron chi connectivity index (χ0n) is 19.6. The maximum atomic E-state index is 12.9. The van der Waals surface area contributed by atoms with Gasteiger partial charge in [-0.15, -0.1) is 0 Å². The van der Waals surface area contributed by atoms with E-state index in [1.165, 1.54) is 16.8 Å². The molecule has 1 aromatic heterocycles. The van der Waals surface area contributed by atoms with E-state index in [9.17, 15) is 4.79 Å². The molecule has 0 atom stereocenters. The highest BCUT2D eigenvalue weighted by Gasteiger charge is 2.24. The third-order valence-electron chi connectivity index (χ3n) is 6.93. The van der Waals surface area contributed by atoms with Crippen LogP contribution >= 0.6 is 0 Å². The zero-order chi connectivity index (χ0) is 23.3. The van der Waals surface area contributed by atoms with E-state index in [2.05, 4.69) is 51.6 Å². The first kappa shape index (κ1) is 22.3. The number of nitrogens with zero attached hydrogens (tertiary/aromatic N) is 2. The molecule has 1 fully saturated rings. The molecule has 0 radical (unpaired) electrons. The van der Waals surface area contributed by atoms with Crippen molar-refractivity contribution in [1.29, 1.82) is 0 Å². The number of pyridine rings is 1. The number of carbonyl (C=O) groups excluding carboxylic acids is 1. The highest BCUT2D eigenvalue weighted by Crippen LogP contribution is 2.32. The van der Waals surface area contributed by atoms with Crippen molar-refractivity contribution in [1.82, 2.24) is 10.3 Å². The van der Waals surface area contributed by atoms with Gasteiger partial charge in [0.15, 0.2) is 11.5 Å². The van der Waals surface area contributed by atoms with Crippen LogP contribution < -0.4 is 19.7 Å². The first-order chi connectivity index (χ1) is 16.7. The lowest BCUT2D eigenvalue weighted by Crippen LogP contribution is -2.38. The second kappa shape index (κ2) is 10.2. The Morgan fingerprint density at radius 1 is 1.00 bits per heavy atom. The number of aromatic nitrogens is 1. The Labute approximate surface area is 200 Å². The molecule has 1 saturated heterocycles. The monoisotopic (exact) mass is 457 g/mol. The lowest BCUT2D eigenvalue weighted by atomic mass is 9.96. The van der Waals surface area contributed by atoms with E-state index < -0.39 is 0 Å². The molecule has 1 aliphatic carbocycles. The van der Waals surface area contributed by atoms with Gasteiger partial charge in [-0.05, 0) is 60.2 Å². The number of hydrogen-bond donors (Lipinski definition) is 1. The summed E-state index contributed by atoms with van der Waals surface area (Å²) in [5, 5.41) is 3.13. The highest BCUT2D eigenvalue weighted by atomic mass is 16.5. The van der Waals surface area contributed by atoms with Gasteiger partial charge in [0.05, 0.1) is 7.11 Å². The van der Waals surface area contributed by atoms with Gasteiger partial charge in [-0.2, -0.15) is 0 Å². The van der Waals surface area contributed by atoms with E-state index in [1.54, 1.807) is 13.2 Å². The van der Waals surface area contributed by atoms with E-state index in [4.69, 9.17) is 9.47 Å². The van der Waals surface area contributed by atoms with Crippen LogP contribution in [-0.2, 0) is 12.8 Å². The molecule has 0 spiro atoms. The number of piperidine rings is 1. The average molecular weight is 458 g/mol. The molecule has 0 saturated carbocycles. The molecule has 3 aromatic rings. The smallest absolute Gasteiger partial charge is 0.251 e. The third kappa shape index (κ3) is 5.01. The fourth-order valence-electron chi connectivity index (χ4n) is 4.98. The van der Waals surface area contributed by atoms with Crippen LogP contribution in [0.2, 0.25) is 0 Å². The highest BCUT2D eigenvalue weighted by molar-refractivity contribution is 5.94. The Kier molecular flexibility index (Phi) is 6.65. The van der Waals surface area contributed by atoms with Crippen molar-refractivity contribution in [3.05, 3.63) is 83.7 Å². The number of nitrogens with one attached hydrogen (secondary N) is 1. The van der Waals surface area contributed by atoms with Crippen molar-refractivity contribution in [2.45, 2.75) is 31.8 Å². The predicted molar refractivity (Wildman–Crippen MR) is 133 cm³/mol. The van der Waals surface area contributed by atoms with Crippen molar-refractivity contribution in [3.63, 3.8) is 0 Å². The summed E-state index contributed by atoms with van der Waals surface area (Å²) in [5.74, 6) is 1.68. The molecule has 6 heteroatoms. The normalized spacial score (nSPS) is 16.2. The summed E-state index contributed by atoms with van der Waals surface area (Å²) in [7, 11) is 1.63. The number of fused-ring (bicyclic) bond motifs is 1. The van der Waals surface area contributed by atoms with E-state index in [0.29, 0.717) is 29.5 Å². The molecule has 5 rings (SSSR count). The Morgan fingerprint density at radius 3 is 2.38 bits per heavy atom. The molecule has 1 aliphatic heterocycles. The third-order valence-corrected chi connectivity index (χ3v) is 6.93. The number of anilines is 1. The fraction of sp³-hybridized carbons (Fsp3) is 0.357.